The number of para-hydroxylation sites is 1. The van der Waals surface area contributed by atoms with E-state index in [0.29, 0.717) is 31.3 Å². The lowest BCUT2D eigenvalue weighted by atomic mass is 9.95. The summed E-state index contributed by atoms with van der Waals surface area (Å²) in [5.41, 5.74) is 2.04. The van der Waals surface area contributed by atoms with Crippen LogP contribution in [0, 0.1) is 0 Å². The zero-order valence-electron chi connectivity index (χ0n) is 19.9. The molecule has 1 atom stereocenters. The lowest BCUT2D eigenvalue weighted by molar-refractivity contribution is -0.117. The fourth-order valence-corrected chi connectivity index (χ4v) is 6.38. The number of thioether (sulfide) groups is 1. The van der Waals surface area contributed by atoms with Gasteiger partial charge in [0, 0.05) is 21.2 Å². The molecule has 1 N–H and O–H groups in total. The minimum atomic E-state index is -0.961. The number of amides is 1. The van der Waals surface area contributed by atoms with Crippen LogP contribution in [0.25, 0.3) is 11.0 Å². The van der Waals surface area contributed by atoms with Gasteiger partial charge in [-0.15, -0.1) is 10.2 Å². The quantitative estimate of drug-likeness (QED) is 0.117. The number of Topliss-reactive ketones (excluding diaryl/α,β-unsaturated/α-hetero) is 1. The molecule has 0 aliphatic carbocycles. The predicted molar refractivity (Wildman–Crippen MR) is 153 cm³/mol. The first-order valence-electron chi connectivity index (χ1n) is 11.7. The number of aliphatic hydroxyl groups is 1. The molecule has 5 aromatic rings. The predicted octanol–water partition coefficient (Wildman–Crippen LogP) is 7.67. The highest BCUT2D eigenvalue weighted by atomic mass is 35.5. The molecule has 2 aromatic heterocycles. The number of nitrogens with zero attached hydrogens (tertiary/aromatic N) is 3. The molecule has 194 valence electrons. The number of furan rings is 1. The van der Waals surface area contributed by atoms with Gasteiger partial charge in [-0.1, -0.05) is 88.8 Å². The first-order valence-corrected chi connectivity index (χ1v) is 14.2. The average molecular weight is 595 g/mol. The summed E-state index contributed by atoms with van der Waals surface area (Å²) in [5.74, 6) is -1.37. The zero-order valence-corrected chi connectivity index (χ0v) is 23.0. The van der Waals surface area contributed by atoms with E-state index in [1.807, 2.05) is 36.4 Å². The number of fused-ring (bicyclic) bond motifs is 1. The number of aliphatic hydroxyl groups excluding tert-OH is 1. The Bertz CT molecular complexity index is 1710. The van der Waals surface area contributed by atoms with Crippen LogP contribution in [0.3, 0.4) is 0 Å². The maximum Gasteiger partial charge on any atom is 0.296 e. The van der Waals surface area contributed by atoms with Crippen LogP contribution in [0.1, 0.15) is 27.7 Å². The van der Waals surface area contributed by atoms with Gasteiger partial charge in [0.2, 0.25) is 10.9 Å². The zero-order chi connectivity index (χ0) is 27.1. The lowest BCUT2D eigenvalue weighted by Gasteiger charge is -2.23. The molecule has 1 aliphatic heterocycles. The number of benzene rings is 3. The van der Waals surface area contributed by atoms with Crippen LogP contribution in [0.2, 0.25) is 10.0 Å². The first-order chi connectivity index (χ1) is 18.9. The second-order valence-corrected chi connectivity index (χ2v) is 11.7. The molecular weight excluding hydrogens is 577 g/mol. The van der Waals surface area contributed by atoms with E-state index < -0.39 is 23.5 Å². The fourth-order valence-electron chi connectivity index (χ4n) is 4.31. The van der Waals surface area contributed by atoms with Gasteiger partial charge in [0.05, 0.1) is 11.6 Å². The van der Waals surface area contributed by atoms with E-state index in [1.54, 1.807) is 42.5 Å². The second kappa shape index (κ2) is 10.5. The number of carbonyl (C=O) groups excluding carboxylic acids is 2. The van der Waals surface area contributed by atoms with Crippen molar-refractivity contribution in [3.63, 3.8) is 0 Å². The van der Waals surface area contributed by atoms with Crippen molar-refractivity contribution >= 4 is 74.1 Å². The summed E-state index contributed by atoms with van der Waals surface area (Å²) in [6.45, 7) is 0. The molecule has 0 bridgehead atoms. The third-order valence-corrected chi connectivity index (χ3v) is 8.80. The van der Waals surface area contributed by atoms with Crippen molar-refractivity contribution in [3.8, 4) is 0 Å². The molecule has 7 nitrogen and oxygen atoms in total. The van der Waals surface area contributed by atoms with Gasteiger partial charge in [0.15, 0.2) is 15.9 Å². The normalized spacial score (nSPS) is 15.5. The van der Waals surface area contributed by atoms with E-state index in [4.69, 9.17) is 27.6 Å². The summed E-state index contributed by atoms with van der Waals surface area (Å²) < 4.78 is 6.40. The van der Waals surface area contributed by atoms with Crippen LogP contribution < -0.4 is 4.90 Å². The molecule has 0 fully saturated rings. The Morgan fingerprint density at radius 2 is 1.69 bits per heavy atom. The highest BCUT2D eigenvalue weighted by Crippen LogP contribution is 2.44. The Kier molecular flexibility index (Phi) is 6.90. The van der Waals surface area contributed by atoms with Gasteiger partial charge in [-0.2, -0.15) is 0 Å². The number of rotatable bonds is 7. The van der Waals surface area contributed by atoms with Crippen LogP contribution in [-0.2, 0) is 10.5 Å². The SMILES string of the molecule is O=C(C1=C(O)C(=O)N(c2nnc(SCc3ccc(Cl)cc3)s2)C1c1ccc(Cl)cc1)c1cc2ccccc2o1. The highest BCUT2D eigenvalue weighted by molar-refractivity contribution is 8.00. The molecule has 3 heterocycles. The Morgan fingerprint density at radius 3 is 2.41 bits per heavy atom. The maximum absolute atomic E-state index is 13.7. The lowest BCUT2D eigenvalue weighted by Crippen LogP contribution is -2.31. The molecule has 0 spiro atoms. The van der Waals surface area contributed by atoms with E-state index >= 15 is 0 Å². The topological polar surface area (TPSA) is 96.5 Å². The maximum atomic E-state index is 13.7. The van der Waals surface area contributed by atoms with Crippen LogP contribution >= 0.6 is 46.3 Å². The standard InChI is InChI=1S/C28H17Cl2N3O4S2/c29-18-9-5-15(6-10-18)14-38-28-32-31-27(39-28)33-23(16-7-11-19(30)12-8-16)22(25(35)26(33)36)24(34)21-13-17-3-1-2-4-20(17)37-21/h1-13,23,35H,14H2. The molecule has 1 amide bonds. The summed E-state index contributed by atoms with van der Waals surface area (Å²) in [7, 11) is 0. The van der Waals surface area contributed by atoms with Crippen LogP contribution in [-0.4, -0.2) is 27.0 Å². The largest absolute Gasteiger partial charge is 0.503 e. The van der Waals surface area contributed by atoms with Crippen molar-refractivity contribution in [2.45, 2.75) is 16.1 Å². The van der Waals surface area contributed by atoms with Crippen molar-refractivity contribution < 1.29 is 19.1 Å². The van der Waals surface area contributed by atoms with Crippen LogP contribution in [0.15, 0.2) is 99.0 Å². The summed E-state index contributed by atoms with van der Waals surface area (Å²) >= 11 is 14.7. The molecule has 0 radical (unpaired) electrons. The fraction of sp³-hybridized carbons (Fsp3) is 0.0714. The van der Waals surface area contributed by atoms with Crippen molar-refractivity contribution in [1.29, 1.82) is 0 Å². The summed E-state index contributed by atoms with van der Waals surface area (Å²) in [6, 6.07) is 22.0. The molecule has 6 rings (SSSR count). The van der Waals surface area contributed by atoms with Crippen molar-refractivity contribution in [3.05, 3.63) is 117 Å². The van der Waals surface area contributed by atoms with Crippen molar-refractivity contribution in [1.82, 2.24) is 10.2 Å². The van der Waals surface area contributed by atoms with Crippen molar-refractivity contribution in [2.24, 2.45) is 0 Å². The third-order valence-electron chi connectivity index (χ3n) is 6.17. The van der Waals surface area contributed by atoms with Crippen LogP contribution in [0.4, 0.5) is 5.13 Å². The van der Waals surface area contributed by atoms with Gasteiger partial charge in [0.1, 0.15) is 5.58 Å². The van der Waals surface area contributed by atoms with Gasteiger partial charge in [-0.25, -0.2) is 0 Å². The van der Waals surface area contributed by atoms with E-state index in [1.165, 1.54) is 28.0 Å². The summed E-state index contributed by atoms with van der Waals surface area (Å²) in [5, 5.41) is 21.6. The van der Waals surface area contributed by atoms with Gasteiger partial charge < -0.3 is 9.52 Å². The summed E-state index contributed by atoms with van der Waals surface area (Å²) in [6.07, 6.45) is 0. The monoisotopic (exact) mass is 593 g/mol. The number of carbonyl (C=O) groups is 2. The molecule has 1 aliphatic rings. The van der Waals surface area contributed by atoms with Gasteiger partial charge >= 0.3 is 0 Å². The van der Waals surface area contributed by atoms with Crippen LogP contribution in [0.5, 0.6) is 0 Å². The molecule has 3 aromatic carbocycles. The molecule has 1 unspecified atom stereocenters. The Morgan fingerprint density at radius 1 is 1.00 bits per heavy atom. The Balaban J connectivity index is 1.35. The molecule has 0 saturated heterocycles. The van der Waals surface area contributed by atoms with E-state index in [-0.39, 0.29) is 16.5 Å². The van der Waals surface area contributed by atoms with E-state index in [2.05, 4.69) is 10.2 Å². The third kappa shape index (κ3) is 4.94. The summed E-state index contributed by atoms with van der Waals surface area (Å²) in [4.78, 5) is 28.4. The first kappa shape index (κ1) is 25.6. The number of halogens is 2. The smallest absolute Gasteiger partial charge is 0.296 e. The average Bonchev–Trinajstić information content (AvgIpc) is 3.65. The number of aromatic nitrogens is 2. The number of hydrogen-bond acceptors (Lipinski definition) is 8. The molecular formula is C28H17Cl2N3O4S2. The number of anilines is 1. The van der Waals surface area contributed by atoms with Crippen molar-refractivity contribution in [2.75, 3.05) is 4.90 Å². The van der Waals surface area contributed by atoms with E-state index in [0.717, 1.165) is 10.9 Å². The minimum Gasteiger partial charge on any atom is -0.503 e. The Hall–Kier alpha value is -3.63. The van der Waals surface area contributed by atoms with Gasteiger partial charge in [0.25, 0.3) is 5.91 Å². The number of hydrogen-bond donors (Lipinski definition) is 1. The van der Waals surface area contributed by atoms with Gasteiger partial charge in [-0.05, 0) is 47.5 Å². The highest BCUT2D eigenvalue weighted by Gasteiger charge is 2.46. The molecule has 11 heteroatoms. The second-order valence-electron chi connectivity index (χ2n) is 8.63. The molecule has 39 heavy (non-hydrogen) atoms. The van der Waals surface area contributed by atoms with Gasteiger partial charge in [-0.3, -0.25) is 14.5 Å². The van der Waals surface area contributed by atoms with E-state index in [9.17, 15) is 14.7 Å². The Labute approximate surface area is 240 Å². The number of ketones is 1. The molecule has 0 saturated carbocycles. The minimum absolute atomic E-state index is 0.0165.